The molecule has 0 aromatic heterocycles. The van der Waals surface area contributed by atoms with Gasteiger partial charge in [-0.2, -0.15) is 0 Å². The molecule has 86 valence electrons. The Balaban J connectivity index is 2.88. The molecule has 1 aliphatic carbocycles. The summed E-state index contributed by atoms with van der Waals surface area (Å²) in [6.07, 6.45) is 4.16. The fourth-order valence-corrected chi connectivity index (χ4v) is 1.13. The van der Waals surface area contributed by atoms with Gasteiger partial charge in [0, 0.05) is 0 Å². The number of hydrogen-bond acceptors (Lipinski definition) is 3. The van der Waals surface area contributed by atoms with E-state index in [2.05, 4.69) is 11.5 Å². The van der Waals surface area contributed by atoms with Gasteiger partial charge in [0.05, 0.1) is 12.2 Å². The summed E-state index contributed by atoms with van der Waals surface area (Å²) in [4.78, 5) is 11.6. The molecule has 0 saturated carbocycles. The van der Waals surface area contributed by atoms with Crippen LogP contribution in [0.1, 0.15) is 27.2 Å². The molecule has 0 aliphatic heterocycles. The minimum absolute atomic E-state index is 0.316. The second kappa shape index (κ2) is 5.00. The first-order valence-corrected chi connectivity index (χ1v) is 5.29. The second-order valence-corrected chi connectivity index (χ2v) is 4.10. The molecule has 16 heavy (non-hydrogen) atoms. The van der Waals surface area contributed by atoms with E-state index in [0.29, 0.717) is 17.9 Å². The highest BCUT2D eigenvalue weighted by molar-refractivity contribution is 6.03. The van der Waals surface area contributed by atoms with E-state index in [1.807, 2.05) is 6.92 Å². The van der Waals surface area contributed by atoms with Crippen LogP contribution in [0.15, 0.2) is 34.9 Å². The molecule has 3 nitrogen and oxygen atoms in total. The third-order valence-electron chi connectivity index (χ3n) is 1.98. The molecule has 0 saturated heterocycles. The van der Waals surface area contributed by atoms with Gasteiger partial charge in [-0.1, -0.05) is 12.7 Å². The van der Waals surface area contributed by atoms with Gasteiger partial charge < -0.3 is 9.84 Å². The van der Waals surface area contributed by atoms with Gasteiger partial charge in [0.15, 0.2) is 5.76 Å². The maximum absolute atomic E-state index is 11.6. The van der Waals surface area contributed by atoms with Gasteiger partial charge in [-0.15, -0.1) is 0 Å². The number of carbonyl (C=O) groups excluding carboxylic acids is 1. The van der Waals surface area contributed by atoms with Crippen molar-refractivity contribution in [2.24, 2.45) is 0 Å². The van der Waals surface area contributed by atoms with E-state index in [1.54, 1.807) is 12.2 Å². The van der Waals surface area contributed by atoms with E-state index in [4.69, 9.17) is 4.74 Å². The number of rotatable bonds is 5. The van der Waals surface area contributed by atoms with Gasteiger partial charge >= 0.3 is 0 Å². The van der Waals surface area contributed by atoms with Crippen LogP contribution in [0.4, 0.5) is 0 Å². The van der Waals surface area contributed by atoms with Crippen molar-refractivity contribution in [2.75, 3.05) is 6.61 Å². The Labute approximate surface area is 95.4 Å². The van der Waals surface area contributed by atoms with Gasteiger partial charge in [-0.25, -0.2) is 0 Å². The van der Waals surface area contributed by atoms with Crippen molar-refractivity contribution < 1.29 is 14.6 Å². The van der Waals surface area contributed by atoms with Crippen molar-refractivity contribution in [1.82, 2.24) is 0 Å². The second-order valence-electron chi connectivity index (χ2n) is 4.10. The van der Waals surface area contributed by atoms with Crippen LogP contribution in [0, 0.1) is 0 Å². The predicted octanol–water partition coefficient (Wildman–Crippen LogP) is 1.89. The van der Waals surface area contributed by atoms with Crippen LogP contribution in [-0.4, -0.2) is 23.1 Å². The fourth-order valence-electron chi connectivity index (χ4n) is 1.13. The molecule has 0 fully saturated rings. The largest absolute Gasteiger partial charge is 0.485 e. The van der Waals surface area contributed by atoms with E-state index < -0.39 is 5.60 Å². The molecule has 0 aromatic rings. The molecule has 0 atom stereocenters. The summed E-state index contributed by atoms with van der Waals surface area (Å²) < 4.78 is 5.31. The zero-order valence-electron chi connectivity index (χ0n) is 9.83. The van der Waals surface area contributed by atoms with Gasteiger partial charge in [0.1, 0.15) is 5.60 Å². The Bertz CT molecular complexity index is 409. The Morgan fingerprint density at radius 3 is 2.56 bits per heavy atom. The van der Waals surface area contributed by atoms with Crippen molar-refractivity contribution in [3.63, 3.8) is 0 Å². The molecule has 0 spiro atoms. The predicted molar refractivity (Wildman–Crippen MR) is 60.7 cm³/mol. The van der Waals surface area contributed by atoms with Crippen LogP contribution in [0.3, 0.4) is 0 Å². The van der Waals surface area contributed by atoms with E-state index in [1.165, 1.54) is 13.8 Å². The summed E-state index contributed by atoms with van der Waals surface area (Å²) in [5, 5.41) is 9.54. The lowest BCUT2D eigenvalue weighted by Gasteiger charge is -2.15. The van der Waals surface area contributed by atoms with E-state index in [9.17, 15) is 9.90 Å². The Hall–Kier alpha value is -1.53. The van der Waals surface area contributed by atoms with Crippen LogP contribution >= 0.6 is 0 Å². The summed E-state index contributed by atoms with van der Waals surface area (Å²) in [6.45, 7) is 5.52. The minimum Gasteiger partial charge on any atom is -0.485 e. The number of hydrogen-bond donors (Lipinski definition) is 1. The summed E-state index contributed by atoms with van der Waals surface area (Å²) in [7, 11) is 0. The van der Waals surface area contributed by atoms with Crippen LogP contribution in [0.5, 0.6) is 0 Å². The van der Waals surface area contributed by atoms with Crippen LogP contribution < -0.4 is 0 Å². The molecule has 0 amide bonds. The Morgan fingerprint density at radius 2 is 2.12 bits per heavy atom. The highest BCUT2D eigenvalue weighted by Gasteiger charge is 2.26. The molecular formula is C13H16O3. The highest BCUT2D eigenvalue weighted by Crippen LogP contribution is 2.14. The van der Waals surface area contributed by atoms with Crippen molar-refractivity contribution in [2.45, 2.75) is 32.8 Å². The lowest BCUT2D eigenvalue weighted by molar-refractivity contribution is -0.129. The number of allylic oxidation sites excluding steroid dienone is 2. The molecule has 0 aromatic carbocycles. The van der Waals surface area contributed by atoms with Crippen LogP contribution in [0.25, 0.3) is 0 Å². The zero-order chi connectivity index (χ0) is 12.2. The molecule has 1 N–H and O–H groups in total. The minimum atomic E-state index is -1.38. The Kier molecular flexibility index (Phi) is 3.92. The summed E-state index contributed by atoms with van der Waals surface area (Å²) >= 11 is 0. The lowest BCUT2D eigenvalue weighted by Crippen LogP contribution is -2.31. The number of ether oxygens (including phenoxy) is 1. The molecule has 1 aliphatic rings. The molecule has 0 heterocycles. The van der Waals surface area contributed by atoms with Crippen molar-refractivity contribution in [3.8, 4) is 0 Å². The lowest BCUT2D eigenvalue weighted by atomic mass is 9.96. The van der Waals surface area contributed by atoms with E-state index >= 15 is 0 Å². The molecule has 0 radical (unpaired) electrons. The molecular weight excluding hydrogens is 204 g/mol. The molecule has 0 bridgehead atoms. The topological polar surface area (TPSA) is 46.5 Å². The normalized spacial score (nSPS) is 14.5. The standard InChI is InChI=1S/C13H16O3/c1-4-9-16-11-7-5-10(6-8-11)12(14)13(2,3)15/h5,7,15H,4,9H2,1-3H3. The van der Waals surface area contributed by atoms with Gasteiger partial charge in [-0.3, -0.25) is 4.79 Å². The summed E-state index contributed by atoms with van der Waals surface area (Å²) in [5.74, 6) is 0.194. The maximum Gasteiger partial charge on any atom is 0.202 e. The van der Waals surface area contributed by atoms with Gasteiger partial charge in [-0.05, 0) is 38.2 Å². The maximum atomic E-state index is 11.6. The summed E-state index contributed by atoms with van der Waals surface area (Å²) in [5.41, 5.74) is 4.38. The highest BCUT2D eigenvalue weighted by atomic mass is 16.5. The smallest absolute Gasteiger partial charge is 0.202 e. The van der Waals surface area contributed by atoms with Crippen molar-refractivity contribution in [3.05, 3.63) is 34.9 Å². The molecule has 3 heteroatoms. The summed E-state index contributed by atoms with van der Waals surface area (Å²) in [6, 6.07) is 0. The molecule has 0 unspecified atom stereocenters. The number of ketones is 1. The third kappa shape index (κ3) is 3.25. The SMILES string of the molecule is CCCOC1=C=C=C(C(=O)C(C)(C)O)C=C1. The third-order valence-corrected chi connectivity index (χ3v) is 1.98. The fraction of sp³-hybridized carbons (Fsp3) is 0.462. The number of carbonyl (C=O) groups is 1. The van der Waals surface area contributed by atoms with Gasteiger partial charge in [0.25, 0.3) is 0 Å². The zero-order valence-corrected chi connectivity index (χ0v) is 9.83. The quantitative estimate of drug-likeness (QED) is 0.720. The van der Waals surface area contributed by atoms with Crippen molar-refractivity contribution in [1.29, 1.82) is 0 Å². The van der Waals surface area contributed by atoms with E-state index in [0.717, 1.165) is 6.42 Å². The molecule has 1 rings (SSSR count). The number of Topliss-reactive ketones (excluding diaryl/α,β-unsaturated/α-hetero) is 1. The first-order chi connectivity index (χ1) is 7.45. The van der Waals surface area contributed by atoms with Crippen molar-refractivity contribution >= 4 is 5.78 Å². The Morgan fingerprint density at radius 1 is 1.44 bits per heavy atom. The van der Waals surface area contributed by atoms with E-state index in [-0.39, 0.29) is 5.78 Å². The van der Waals surface area contributed by atoms with Crippen LogP contribution in [0.2, 0.25) is 0 Å². The average Bonchev–Trinajstić information content (AvgIpc) is 2.25. The first kappa shape index (κ1) is 12.5. The van der Waals surface area contributed by atoms with Crippen LogP contribution in [-0.2, 0) is 9.53 Å². The first-order valence-electron chi connectivity index (χ1n) is 5.29. The monoisotopic (exact) mass is 220 g/mol. The van der Waals surface area contributed by atoms with Gasteiger partial charge in [0.2, 0.25) is 5.78 Å². The average molecular weight is 220 g/mol. The number of aliphatic hydroxyl groups is 1.